The van der Waals surface area contributed by atoms with Crippen molar-refractivity contribution in [3.8, 4) is 0 Å². The molecule has 3 heterocycles. The van der Waals surface area contributed by atoms with E-state index in [1.54, 1.807) is 0 Å². The predicted molar refractivity (Wildman–Crippen MR) is 77.2 cm³/mol. The Morgan fingerprint density at radius 3 is 3.05 bits per heavy atom. The van der Waals surface area contributed by atoms with Crippen LogP contribution in [-0.2, 0) is 4.79 Å². The van der Waals surface area contributed by atoms with Gasteiger partial charge in [-0.25, -0.2) is 9.78 Å². The molecule has 2 N–H and O–H groups in total. The van der Waals surface area contributed by atoms with Crippen molar-refractivity contribution in [3.63, 3.8) is 0 Å². The van der Waals surface area contributed by atoms with Crippen LogP contribution in [0.2, 0.25) is 0 Å². The van der Waals surface area contributed by atoms with Crippen LogP contribution >= 0.6 is 11.5 Å². The Balaban J connectivity index is 1.40. The molecule has 0 unspecified atom stereocenters. The first-order valence-electron chi connectivity index (χ1n) is 7.42. The largest absolute Gasteiger partial charge is 0.326 e. The minimum absolute atomic E-state index is 0.125. The summed E-state index contributed by atoms with van der Waals surface area (Å²) in [6.07, 6.45) is 4.96. The highest BCUT2D eigenvalue weighted by Crippen LogP contribution is 2.39. The molecule has 1 aliphatic carbocycles. The Morgan fingerprint density at radius 1 is 1.38 bits per heavy atom. The highest BCUT2D eigenvalue weighted by atomic mass is 32.1. The molecule has 3 aliphatic rings. The maximum absolute atomic E-state index is 12.3. The Kier molecular flexibility index (Phi) is 3.06. The van der Waals surface area contributed by atoms with Gasteiger partial charge in [-0.05, 0) is 32.1 Å². The number of hydrogen-bond acceptors (Lipinski definition) is 5. The summed E-state index contributed by atoms with van der Waals surface area (Å²) in [7, 11) is 0. The van der Waals surface area contributed by atoms with Gasteiger partial charge in [-0.15, -0.1) is 0 Å². The Labute approximate surface area is 126 Å². The van der Waals surface area contributed by atoms with Crippen molar-refractivity contribution in [2.75, 3.05) is 11.9 Å². The zero-order chi connectivity index (χ0) is 14.4. The summed E-state index contributed by atoms with van der Waals surface area (Å²) in [5, 5.41) is 6.10. The van der Waals surface area contributed by atoms with Gasteiger partial charge < -0.3 is 10.2 Å². The fraction of sp³-hybridized carbons (Fsp3) is 0.692. The van der Waals surface area contributed by atoms with Gasteiger partial charge in [0.05, 0.1) is 0 Å². The molecule has 0 aromatic carbocycles. The third kappa shape index (κ3) is 2.48. The molecular formula is C13H17N5O2S. The molecule has 1 aromatic rings. The molecule has 3 fully saturated rings. The Morgan fingerprint density at radius 2 is 2.24 bits per heavy atom. The minimum Gasteiger partial charge on any atom is -0.326 e. The van der Waals surface area contributed by atoms with E-state index < -0.39 is 6.04 Å². The van der Waals surface area contributed by atoms with Crippen molar-refractivity contribution in [3.05, 3.63) is 5.82 Å². The Hall–Kier alpha value is -1.70. The van der Waals surface area contributed by atoms with Crippen LogP contribution in [0.4, 0.5) is 9.93 Å². The van der Waals surface area contributed by atoms with Crippen LogP contribution in [-0.4, -0.2) is 44.8 Å². The van der Waals surface area contributed by atoms with Gasteiger partial charge in [-0.1, -0.05) is 0 Å². The molecule has 2 atom stereocenters. The van der Waals surface area contributed by atoms with Crippen molar-refractivity contribution >= 4 is 28.6 Å². The molecule has 4 rings (SSSR count). The Bertz CT molecular complexity index is 585. The average Bonchev–Trinajstić information content (AvgIpc) is 3.02. The van der Waals surface area contributed by atoms with Crippen molar-refractivity contribution in [2.24, 2.45) is 0 Å². The molecule has 2 saturated heterocycles. The molecule has 0 bridgehead atoms. The predicted octanol–water partition coefficient (Wildman–Crippen LogP) is 1.30. The third-order valence-electron chi connectivity index (χ3n) is 4.37. The van der Waals surface area contributed by atoms with E-state index in [4.69, 9.17) is 0 Å². The quantitative estimate of drug-likeness (QED) is 0.881. The summed E-state index contributed by atoms with van der Waals surface area (Å²) in [5.74, 6) is 1.13. The standard InChI is InChI=1S/C13H17N5O2S/c19-11(16-12-15-10(17-21-12)7-3-4-7)9-6-8-2-1-5-18(8)13(20)14-9/h7-9H,1-6H2,(H,14,20)(H,15,16,17,19)/t8-,9-/m0/s1. The fourth-order valence-corrected chi connectivity index (χ4v) is 3.72. The molecule has 8 heteroatoms. The van der Waals surface area contributed by atoms with Crippen LogP contribution in [0.5, 0.6) is 0 Å². The van der Waals surface area contributed by atoms with E-state index in [0.29, 0.717) is 17.5 Å². The van der Waals surface area contributed by atoms with E-state index in [2.05, 4.69) is 20.0 Å². The number of nitrogens with zero attached hydrogens (tertiary/aromatic N) is 3. The molecule has 7 nitrogen and oxygen atoms in total. The van der Waals surface area contributed by atoms with Gasteiger partial charge in [0.25, 0.3) is 0 Å². The van der Waals surface area contributed by atoms with Gasteiger partial charge in [0.1, 0.15) is 11.9 Å². The SMILES string of the molecule is O=C(Nc1nc(C2CC2)ns1)[C@@H]1C[C@@H]2CCCN2C(=O)N1. The highest BCUT2D eigenvalue weighted by molar-refractivity contribution is 7.09. The number of aromatic nitrogens is 2. The number of anilines is 1. The molecule has 21 heavy (non-hydrogen) atoms. The minimum atomic E-state index is -0.467. The number of carbonyl (C=O) groups is 2. The third-order valence-corrected chi connectivity index (χ3v) is 5.02. The van der Waals surface area contributed by atoms with Crippen LogP contribution in [0.1, 0.15) is 43.8 Å². The number of hydrogen-bond donors (Lipinski definition) is 2. The summed E-state index contributed by atoms with van der Waals surface area (Å²) in [6.45, 7) is 0.798. The van der Waals surface area contributed by atoms with Crippen LogP contribution in [0.25, 0.3) is 0 Å². The number of nitrogens with one attached hydrogen (secondary N) is 2. The zero-order valence-electron chi connectivity index (χ0n) is 11.5. The number of amides is 3. The first-order valence-corrected chi connectivity index (χ1v) is 8.19. The van der Waals surface area contributed by atoms with Gasteiger partial charge in [-0.3, -0.25) is 10.1 Å². The summed E-state index contributed by atoms with van der Waals surface area (Å²) >= 11 is 1.21. The lowest BCUT2D eigenvalue weighted by molar-refractivity contribution is -0.118. The number of carbonyl (C=O) groups excluding carboxylic acids is 2. The van der Waals surface area contributed by atoms with Crippen LogP contribution in [0.15, 0.2) is 0 Å². The van der Waals surface area contributed by atoms with Crippen molar-refractivity contribution in [2.45, 2.75) is 50.1 Å². The molecular weight excluding hydrogens is 290 g/mol. The monoisotopic (exact) mass is 307 g/mol. The maximum Gasteiger partial charge on any atom is 0.318 e. The summed E-state index contributed by atoms with van der Waals surface area (Å²) in [5.41, 5.74) is 0. The normalized spacial score (nSPS) is 28.2. The van der Waals surface area contributed by atoms with Crippen molar-refractivity contribution < 1.29 is 9.59 Å². The topological polar surface area (TPSA) is 87.2 Å². The average molecular weight is 307 g/mol. The number of rotatable bonds is 3. The molecule has 0 spiro atoms. The first-order chi connectivity index (χ1) is 10.2. The smallest absolute Gasteiger partial charge is 0.318 e. The van der Waals surface area contributed by atoms with Gasteiger partial charge in [-0.2, -0.15) is 4.37 Å². The second kappa shape index (κ2) is 4.94. The zero-order valence-corrected chi connectivity index (χ0v) is 12.4. The fourth-order valence-electron chi connectivity index (χ4n) is 3.07. The molecule has 3 amide bonds. The summed E-state index contributed by atoms with van der Waals surface area (Å²) in [4.78, 5) is 30.4. The van der Waals surface area contributed by atoms with E-state index in [1.165, 1.54) is 11.5 Å². The molecule has 112 valence electrons. The summed E-state index contributed by atoms with van der Waals surface area (Å²) < 4.78 is 4.26. The molecule has 1 aromatic heterocycles. The second-order valence-corrected chi connectivity index (χ2v) is 6.70. The maximum atomic E-state index is 12.3. The van der Waals surface area contributed by atoms with Gasteiger partial charge in [0.2, 0.25) is 11.0 Å². The van der Waals surface area contributed by atoms with Crippen LogP contribution < -0.4 is 10.6 Å². The second-order valence-electron chi connectivity index (χ2n) is 5.95. The lowest BCUT2D eigenvalue weighted by Gasteiger charge is -2.34. The lowest BCUT2D eigenvalue weighted by Crippen LogP contribution is -2.57. The molecule has 1 saturated carbocycles. The van der Waals surface area contributed by atoms with Gasteiger partial charge in [0.15, 0.2) is 0 Å². The highest BCUT2D eigenvalue weighted by Gasteiger charge is 2.39. The molecule has 2 aliphatic heterocycles. The lowest BCUT2D eigenvalue weighted by atomic mass is 10.0. The summed E-state index contributed by atoms with van der Waals surface area (Å²) in [6, 6.07) is -0.393. The van der Waals surface area contributed by atoms with Crippen LogP contribution in [0.3, 0.4) is 0 Å². The van der Waals surface area contributed by atoms with E-state index in [0.717, 1.165) is 38.1 Å². The van der Waals surface area contributed by atoms with E-state index in [-0.39, 0.29) is 18.0 Å². The van der Waals surface area contributed by atoms with Gasteiger partial charge >= 0.3 is 6.03 Å². The van der Waals surface area contributed by atoms with Crippen molar-refractivity contribution in [1.82, 2.24) is 19.6 Å². The van der Waals surface area contributed by atoms with Crippen molar-refractivity contribution in [1.29, 1.82) is 0 Å². The van der Waals surface area contributed by atoms with Crippen LogP contribution in [0, 0.1) is 0 Å². The van der Waals surface area contributed by atoms with Gasteiger partial charge in [0, 0.05) is 30.0 Å². The van der Waals surface area contributed by atoms with E-state index in [1.807, 2.05) is 4.90 Å². The number of fused-ring (bicyclic) bond motifs is 1. The first kappa shape index (κ1) is 13.0. The van der Waals surface area contributed by atoms with E-state index >= 15 is 0 Å². The van der Waals surface area contributed by atoms with E-state index in [9.17, 15) is 9.59 Å². The molecule has 0 radical (unpaired) electrons. The number of urea groups is 1.